The van der Waals surface area contributed by atoms with Gasteiger partial charge >= 0.3 is 5.97 Å². The fourth-order valence-corrected chi connectivity index (χ4v) is 3.07. The Morgan fingerprint density at radius 1 is 1.42 bits per heavy atom. The van der Waals surface area contributed by atoms with Gasteiger partial charge in [-0.2, -0.15) is 5.10 Å². The van der Waals surface area contributed by atoms with Crippen molar-refractivity contribution in [2.24, 2.45) is 7.05 Å². The molecular formula is C17H26N4O3. The Morgan fingerprint density at radius 2 is 2.12 bits per heavy atom. The van der Waals surface area contributed by atoms with E-state index >= 15 is 0 Å². The molecule has 24 heavy (non-hydrogen) atoms. The number of aromatic carboxylic acids is 1. The van der Waals surface area contributed by atoms with Gasteiger partial charge in [0.05, 0.1) is 29.6 Å². The summed E-state index contributed by atoms with van der Waals surface area (Å²) < 4.78 is 6.89. The summed E-state index contributed by atoms with van der Waals surface area (Å²) in [5, 5.41) is 19.1. The maximum Gasteiger partial charge on any atom is 0.336 e. The summed E-state index contributed by atoms with van der Waals surface area (Å²) in [6.45, 7) is 6.07. The molecule has 0 spiro atoms. The number of likely N-dealkylation sites (N-methyl/N-ethyl adjacent to an activating group) is 1. The van der Waals surface area contributed by atoms with Crippen molar-refractivity contribution in [2.45, 2.75) is 20.3 Å². The third kappa shape index (κ3) is 3.22. The highest BCUT2D eigenvalue weighted by atomic mass is 16.5. The van der Waals surface area contributed by atoms with E-state index in [0.29, 0.717) is 25.1 Å². The standard InChI is InChI=1S/C17H26N4O3/c1-6-12-13(17(22)23)10-15-14(11-18-20(15)4)16(12)21(7-2)19(3)8-9-24-5/h10-11H,6-9H2,1-5H3,(H,22,23). The van der Waals surface area contributed by atoms with E-state index in [1.54, 1.807) is 17.9 Å². The van der Waals surface area contributed by atoms with Crippen molar-refractivity contribution in [2.75, 3.05) is 38.9 Å². The second kappa shape index (κ2) is 7.63. The summed E-state index contributed by atoms with van der Waals surface area (Å²) in [4.78, 5) is 11.8. The smallest absolute Gasteiger partial charge is 0.336 e. The van der Waals surface area contributed by atoms with E-state index in [-0.39, 0.29) is 0 Å². The van der Waals surface area contributed by atoms with E-state index in [2.05, 4.69) is 22.0 Å². The lowest BCUT2D eigenvalue weighted by Crippen LogP contribution is -2.42. The van der Waals surface area contributed by atoms with Crippen LogP contribution in [0.2, 0.25) is 0 Å². The molecule has 7 heteroatoms. The molecule has 0 saturated heterocycles. The molecule has 0 radical (unpaired) electrons. The van der Waals surface area contributed by atoms with Crippen LogP contribution in [0.5, 0.6) is 0 Å². The van der Waals surface area contributed by atoms with Crippen molar-refractivity contribution in [3.8, 4) is 0 Å². The topological polar surface area (TPSA) is 70.8 Å². The van der Waals surface area contributed by atoms with Crippen LogP contribution in [0.3, 0.4) is 0 Å². The lowest BCUT2D eigenvalue weighted by Gasteiger charge is -2.35. The fraction of sp³-hybridized carbons (Fsp3) is 0.529. The van der Waals surface area contributed by atoms with Crippen LogP contribution in [0.1, 0.15) is 29.8 Å². The molecule has 2 rings (SSSR count). The predicted molar refractivity (Wildman–Crippen MR) is 94.6 cm³/mol. The zero-order valence-electron chi connectivity index (χ0n) is 15.0. The van der Waals surface area contributed by atoms with Crippen LogP contribution in [0.4, 0.5) is 5.69 Å². The van der Waals surface area contributed by atoms with Gasteiger partial charge in [0.15, 0.2) is 0 Å². The van der Waals surface area contributed by atoms with Crippen LogP contribution < -0.4 is 5.01 Å². The lowest BCUT2D eigenvalue weighted by atomic mass is 9.99. The number of carboxylic acid groups (broad SMARTS) is 1. The second-order valence-corrected chi connectivity index (χ2v) is 5.70. The minimum absolute atomic E-state index is 0.335. The molecule has 0 unspecified atom stereocenters. The Kier molecular flexibility index (Phi) is 5.80. The number of hydrogen-bond donors (Lipinski definition) is 1. The SMILES string of the molecule is CCc1c(C(=O)O)cc2c(cnn2C)c1N(CC)N(C)CCOC. The molecule has 2 aromatic rings. The number of aryl methyl sites for hydroxylation is 1. The van der Waals surface area contributed by atoms with Gasteiger partial charge in [0.25, 0.3) is 0 Å². The van der Waals surface area contributed by atoms with Crippen molar-refractivity contribution in [3.05, 3.63) is 23.4 Å². The molecule has 1 N–H and O–H groups in total. The first-order chi connectivity index (χ1) is 11.5. The fourth-order valence-electron chi connectivity index (χ4n) is 3.07. The molecule has 7 nitrogen and oxygen atoms in total. The number of benzene rings is 1. The number of fused-ring (bicyclic) bond motifs is 1. The minimum atomic E-state index is -0.910. The van der Waals surface area contributed by atoms with Crippen LogP contribution in [-0.4, -0.2) is 59.7 Å². The van der Waals surface area contributed by atoms with E-state index < -0.39 is 5.97 Å². The number of carbonyl (C=O) groups is 1. The summed E-state index contributed by atoms with van der Waals surface area (Å²) in [7, 11) is 5.48. The summed E-state index contributed by atoms with van der Waals surface area (Å²) in [5.41, 5.74) is 2.90. The third-order valence-electron chi connectivity index (χ3n) is 4.30. The van der Waals surface area contributed by atoms with E-state index in [1.807, 2.05) is 27.2 Å². The van der Waals surface area contributed by atoms with Gasteiger partial charge in [-0.05, 0) is 25.0 Å². The lowest BCUT2D eigenvalue weighted by molar-refractivity contribution is 0.0696. The van der Waals surface area contributed by atoms with Gasteiger partial charge in [0.2, 0.25) is 0 Å². The Morgan fingerprint density at radius 3 is 2.67 bits per heavy atom. The summed E-state index contributed by atoms with van der Waals surface area (Å²) >= 11 is 0. The quantitative estimate of drug-likeness (QED) is 0.746. The molecule has 1 aromatic carbocycles. The normalized spacial score (nSPS) is 11.4. The average molecular weight is 334 g/mol. The molecule has 0 bridgehead atoms. The maximum atomic E-state index is 11.8. The first-order valence-electron chi connectivity index (χ1n) is 8.14. The molecule has 1 heterocycles. The van der Waals surface area contributed by atoms with Crippen molar-refractivity contribution < 1.29 is 14.6 Å². The van der Waals surface area contributed by atoms with Crippen LogP contribution in [-0.2, 0) is 18.2 Å². The van der Waals surface area contributed by atoms with Gasteiger partial charge in [0, 0.05) is 39.7 Å². The van der Waals surface area contributed by atoms with Crippen molar-refractivity contribution in [1.82, 2.24) is 14.8 Å². The van der Waals surface area contributed by atoms with Crippen LogP contribution >= 0.6 is 0 Å². The largest absolute Gasteiger partial charge is 0.478 e. The van der Waals surface area contributed by atoms with E-state index in [0.717, 1.165) is 28.7 Å². The number of ether oxygens (including phenoxy) is 1. The number of hydrogen-bond acceptors (Lipinski definition) is 5. The minimum Gasteiger partial charge on any atom is -0.478 e. The zero-order valence-corrected chi connectivity index (χ0v) is 15.0. The monoisotopic (exact) mass is 334 g/mol. The molecule has 0 fully saturated rings. The van der Waals surface area contributed by atoms with Crippen molar-refractivity contribution in [1.29, 1.82) is 0 Å². The Hall–Kier alpha value is -2.12. The van der Waals surface area contributed by atoms with Gasteiger partial charge in [-0.1, -0.05) is 6.92 Å². The predicted octanol–water partition coefficient (Wildman–Crippen LogP) is 2.15. The van der Waals surface area contributed by atoms with E-state index in [1.165, 1.54) is 0 Å². The number of rotatable bonds is 8. The molecule has 0 atom stereocenters. The highest BCUT2D eigenvalue weighted by Gasteiger charge is 2.24. The number of carboxylic acids is 1. The van der Waals surface area contributed by atoms with Gasteiger partial charge in [-0.25, -0.2) is 9.80 Å². The van der Waals surface area contributed by atoms with Gasteiger partial charge in [-0.15, -0.1) is 0 Å². The first-order valence-corrected chi connectivity index (χ1v) is 8.14. The third-order valence-corrected chi connectivity index (χ3v) is 4.30. The zero-order chi connectivity index (χ0) is 17.9. The highest BCUT2D eigenvalue weighted by molar-refractivity contribution is 6.02. The summed E-state index contributed by atoms with van der Waals surface area (Å²) in [6, 6.07) is 1.72. The van der Waals surface area contributed by atoms with Crippen molar-refractivity contribution >= 4 is 22.6 Å². The van der Waals surface area contributed by atoms with Gasteiger partial charge in [0.1, 0.15) is 0 Å². The number of nitrogens with zero attached hydrogens (tertiary/aromatic N) is 4. The van der Waals surface area contributed by atoms with Crippen molar-refractivity contribution in [3.63, 3.8) is 0 Å². The Balaban J connectivity index is 2.71. The molecule has 0 saturated carbocycles. The number of anilines is 1. The Bertz CT molecular complexity index is 726. The first kappa shape index (κ1) is 18.2. The highest BCUT2D eigenvalue weighted by Crippen LogP contribution is 2.34. The average Bonchev–Trinajstić information content (AvgIpc) is 2.93. The van der Waals surface area contributed by atoms with Crippen LogP contribution in [0, 0.1) is 0 Å². The number of methoxy groups -OCH3 is 1. The summed E-state index contributed by atoms with van der Waals surface area (Å²) in [6.07, 6.45) is 2.44. The second-order valence-electron chi connectivity index (χ2n) is 5.70. The van der Waals surface area contributed by atoms with E-state index in [9.17, 15) is 9.90 Å². The molecule has 0 aliphatic carbocycles. The van der Waals surface area contributed by atoms with Gasteiger partial charge < -0.3 is 14.9 Å². The molecule has 0 aliphatic heterocycles. The maximum absolute atomic E-state index is 11.8. The Labute approximate surface area is 142 Å². The summed E-state index contributed by atoms with van der Waals surface area (Å²) in [5.74, 6) is -0.910. The van der Waals surface area contributed by atoms with Crippen LogP contribution in [0.15, 0.2) is 12.3 Å². The van der Waals surface area contributed by atoms with Gasteiger partial charge in [-0.3, -0.25) is 4.68 Å². The number of aromatic nitrogens is 2. The molecule has 132 valence electrons. The number of hydrazine groups is 1. The molecular weight excluding hydrogens is 308 g/mol. The molecule has 0 aliphatic rings. The molecule has 0 amide bonds. The van der Waals surface area contributed by atoms with E-state index in [4.69, 9.17) is 4.74 Å². The molecule has 1 aromatic heterocycles. The van der Waals surface area contributed by atoms with Crippen LogP contribution in [0.25, 0.3) is 10.9 Å².